The molecule has 0 bridgehead atoms. The van der Waals surface area contributed by atoms with E-state index in [-0.39, 0.29) is 12.2 Å². The van der Waals surface area contributed by atoms with E-state index in [9.17, 15) is 13.9 Å². The zero-order valence-corrected chi connectivity index (χ0v) is 17.8. The first-order valence-corrected chi connectivity index (χ1v) is 10.4. The summed E-state index contributed by atoms with van der Waals surface area (Å²) >= 11 is 13.7. The molecule has 1 N–H and O–H groups in total. The number of halogens is 4. The fourth-order valence-electron chi connectivity index (χ4n) is 2.78. The predicted molar refractivity (Wildman–Crippen MR) is 115 cm³/mol. The second-order valence-corrected chi connectivity index (χ2v) is 8.35. The van der Waals surface area contributed by atoms with Gasteiger partial charge in [-0.1, -0.05) is 23.2 Å². The summed E-state index contributed by atoms with van der Waals surface area (Å²) in [7, 11) is 1.78. The van der Waals surface area contributed by atoms with E-state index in [1.54, 1.807) is 30.1 Å². The molecular weight excluding hydrogens is 437 g/mol. The van der Waals surface area contributed by atoms with Crippen LogP contribution < -0.4 is 4.90 Å². The zero-order valence-electron chi connectivity index (χ0n) is 15.4. The number of anilines is 1. The van der Waals surface area contributed by atoms with Gasteiger partial charge >= 0.3 is 0 Å². The van der Waals surface area contributed by atoms with Gasteiger partial charge in [-0.2, -0.15) is 0 Å². The lowest BCUT2D eigenvalue weighted by molar-refractivity contribution is 0.304. The molecule has 0 aliphatic carbocycles. The van der Waals surface area contributed by atoms with E-state index in [4.69, 9.17) is 23.2 Å². The van der Waals surface area contributed by atoms with Crippen molar-refractivity contribution in [2.75, 3.05) is 25.1 Å². The van der Waals surface area contributed by atoms with Crippen molar-refractivity contribution < 1.29 is 13.9 Å². The smallest absolute Gasteiger partial charge is 0.128 e. The number of aliphatic hydroxyl groups excluding tert-OH is 1. The largest absolute Gasteiger partial charge is 0.395 e. The maximum Gasteiger partial charge on any atom is 0.128 e. The second-order valence-electron chi connectivity index (χ2n) is 6.33. The highest BCUT2D eigenvalue weighted by Gasteiger charge is 2.24. The third-order valence-corrected chi connectivity index (χ3v) is 6.14. The highest BCUT2D eigenvalue weighted by molar-refractivity contribution is 7.99. The molecule has 1 unspecified atom stereocenters. The predicted octanol–water partition coefficient (Wildman–Crippen LogP) is 5.98. The number of hydrogen-bond acceptors (Lipinski definition) is 4. The standard InChI is InChI=1S/C21H18Cl2F2N2OS/c1-27(8-9-28)20-11-16(18(23)12-26-20)21(17-10-14(24)4-7-19(17)25)29-15-5-2-13(22)3-6-15/h2-7,10-12,21,28H,8-9H2,1H3. The molecule has 0 aliphatic heterocycles. The van der Waals surface area contributed by atoms with E-state index in [2.05, 4.69) is 4.98 Å². The average Bonchev–Trinajstić information content (AvgIpc) is 2.70. The van der Waals surface area contributed by atoms with Crippen LogP contribution in [0.3, 0.4) is 0 Å². The molecule has 8 heteroatoms. The second kappa shape index (κ2) is 9.76. The van der Waals surface area contributed by atoms with Crippen LogP contribution in [0, 0.1) is 11.6 Å². The number of pyridine rings is 1. The molecule has 0 fully saturated rings. The van der Waals surface area contributed by atoms with Gasteiger partial charge in [-0.25, -0.2) is 13.8 Å². The molecule has 2 aromatic carbocycles. The van der Waals surface area contributed by atoms with Crippen molar-refractivity contribution in [1.29, 1.82) is 0 Å². The van der Waals surface area contributed by atoms with Gasteiger partial charge in [-0.3, -0.25) is 0 Å². The fraction of sp³-hybridized carbons (Fsp3) is 0.190. The Bertz CT molecular complexity index is 989. The Morgan fingerprint density at radius 3 is 2.48 bits per heavy atom. The van der Waals surface area contributed by atoms with E-state index >= 15 is 0 Å². The number of aliphatic hydroxyl groups is 1. The van der Waals surface area contributed by atoms with Crippen LogP contribution in [-0.2, 0) is 0 Å². The first-order chi connectivity index (χ1) is 13.9. The van der Waals surface area contributed by atoms with Crippen LogP contribution in [0.25, 0.3) is 0 Å². The molecule has 1 heterocycles. The zero-order chi connectivity index (χ0) is 21.0. The number of thioether (sulfide) groups is 1. The molecule has 0 radical (unpaired) electrons. The number of nitrogens with zero attached hydrogens (tertiary/aromatic N) is 2. The molecule has 0 amide bonds. The minimum Gasteiger partial charge on any atom is -0.395 e. The third-order valence-electron chi connectivity index (χ3n) is 4.29. The van der Waals surface area contributed by atoms with E-state index in [0.29, 0.717) is 28.0 Å². The fourth-order valence-corrected chi connectivity index (χ4v) is 4.37. The van der Waals surface area contributed by atoms with E-state index in [1.165, 1.54) is 24.0 Å². The first kappa shape index (κ1) is 21.8. The SMILES string of the molecule is CN(CCO)c1cc(C(Sc2ccc(Cl)cc2)c2cc(F)ccc2F)c(Cl)cn1. The summed E-state index contributed by atoms with van der Waals surface area (Å²) < 4.78 is 28.6. The van der Waals surface area contributed by atoms with Crippen molar-refractivity contribution in [3.05, 3.63) is 87.5 Å². The lowest BCUT2D eigenvalue weighted by Gasteiger charge is -2.23. The van der Waals surface area contributed by atoms with Gasteiger partial charge in [0.05, 0.1) is 16.9 Å². The van der Waals surface area contributed by atoms with Crippen molar-refractivity contribution >= 4 is 40.8 Å². The van der Waals surface area contributed by atoms with Gasteiger partial charge in [0.25, 0.3) is 0 Å². The van der Waals surface area contributed by atoms with E-state index in [0.717, 1.165) is 17.0 Å². The van der Waals surface area contributed by atoms with Gasteiger partial charge in [-0.05, 0) is 54.1 Å². The molecular formula is C21H18Cl2F2N2OS. The molecule has 3 rings (SSSR count). The quantitative estimate of drug-likeness (QED) is 0.445. The summed E-state index contributed by atoms with van der Waals surface area (Å²) in [6.45, 7) is 0.328. The first-order valence-electron chi connectivity index (χ1n) is 8.73. The number of likely N-dealkylation sites (N-methyl/N-ethyl adjacent to an activating group) is 1. The van der Waals surface area contributed by atoms with Crippen molar-refractivity contribution in [3.8, 4) is 0 Å². The molecule has 152 valence electrons. The van der Waals surface area contributed by atoms with Gasteiger partial charge in [0.1, 0.15) is 17.5 Å². The van der Waals surface area contributed by atoms with Crippen LogP contribution in [0.2, 0.25) is 10.0 Å². The minimum atomic E-state index is -0.622. The van der Waals surface area contributed by atoms with Gasteiger partial charge < -0.3 is 10.0 Å². The van der Waals surface area contributed by atoms with Gasteiger partial charge in [-0.15, -0.1) is 11.8 Å². The maximum absolute atomic E-state index is 14.7. The van der Waals surface area contributed by atoms with Crippen molar-refractivity contribution in [3.63, 3.8) is 0 Å². The summed E-state index contributed by atoms with van der Waals surface area (Å²) in [5.74, 6) is -0.501. The van der Waals surface area contributed by atoms with Crippen LogP contribution in [0.4, 0.5) is 14.6 Å². The molecule has 0 aliphatic rings. The maximum atomic E-state index is 14.7. The number of aromatic nitrogens is 1. The van der Waals surface area contributed by atoms with Gasteiger partial charge in [0.2, 0.25) is 0 Å². The lowest BCUT2D eigenvalue weighted by atomic mass is 10.0. The average molecular weight is 455 g/mol. The van der Waals surface area contributed by atoms with Crippen LogP contribution >= 0.6 is 35.0 Å². The van der Waals surface area contributed by atoms with Crippen LogP contribution in [0.1, 0.15) is 16.4 Å². The number of rotatable bonds is 7. The topological polar surface area (TPSA) is 36.4 Å². The van der Waals surface area contributed by atoms with Crippen LogP contribution in [0.15, 0.2) is 59.6 Å². The summed E-state index contributed by atoms with van der Waals surface area (Å²) in [4.78, 5) is 6.86. The summed E-state index contributed by atoms with van der Waals surface area (Å²) in [6.07, 6.45) is 1.48. The van der Waals surface area contributed by atoms with Crippen molar-refractivity contribution in [1.82, 2.24) is 4.98 Å². The monoisotopic (exact) mass is 454 g/mol. The van der Waals surface area contributed by atoms with Gasteiger partial charge in [0.15, 0.2) is 0 Å². The Morgan fingerprint density at radius 1 is 1.07 bits per heavy atom. The molecule has 1 atom stereocenters. The molecule has 29 heavy (non-hydrogen) atoms. The Labute approximate surface area is 182 Å². The normalized spacial score (nSPS) is 12.1. The van der Waals surface area contributed by atoms with Crippen LogP contribution in [-0.4, -0.2) is 30.3 Å². The molecule has 0 saturated carbocycles. The third kappa shape index (κ3) is 5.39. The molecule has 1 aromatic heterocycles. The van der Waals surface area contributed by atoms with Crippen molar-refractivity contribution in [2.24, 2.45) is 0 Å². The Kier molecular flexibility index (Phi) is 7.35. The molecule has 0 spiro atoms. The number of hydrogen-bond donors (Lipinski definition) is 1. The van der Waals surface area contributed by atoms with Crippen LogP contribution in [0.5, 0.6) is 0 Å². The summed E-state index contributed by atoms with van der Waals surface area (Å²) in [5.41, 5.74) is 0.764. The van der Waals surface area contributed by atoms with Crippen molar-refractivity contribution in [2.45, 2.75) is 10.1 Å². The Hall–Kier alpha value is -1.86. The minimum absolute atomic E-state index is 0.0440. The lowest BCUT2D eigenvalue weighted by Crippen LogP contribution is -2.22. The molecule has 3 aromatic rings. The Morgan fingerprint density at radius 2 is 1.79 bits per heavy atom. The Balaban J connectivity index is 2.10. The molecule has 0 saturated heterocycles. The van der Waals surface area contributed by atoms with E-state index < -0.39 is 16.9 Å². The van der Waals surface area contributed by atoms with E-state index in [1.807, 2.05) is 12.1 Å². The van der Waals surface area contributed by atoms with Gasteiger partial charge in [0, 0.05) is 35.3 Å². The summed E-state index contributed by atoms with van der Waals surface area (Å²) in [6, 6.07) is 12.2. The number of benzene rings is 2. The summed E-state index contributed by atoms with van der Waals surface area (Å²) in [5, 5.41) is 9.49. The highest BCUT2D eigenvalue weighted by Crippen LogP contribution is 2.44. The highest BCUT2D eigenvalue weighted by atomic mass is 35.5. The molecule has 3 nitrogen and oxygen atoms in total.